The highest BCUT2D eigenvalue weighted by Gasteiger charge is 2.48. The number of nitrogens with zero attached hydrogens (tertiary/aromatic N) is 1. The largest absolute Gasteiger partial charge is 0.394 e. The zero-order valence-electron chi connectivity index (χ0n) is 16.3. The first-order chi connectivity index (χ1) is 13.3. The monoisotopic (exact) mass is 405 g/mol. The molecule has 3 amide bonds. The third-order valence-corrected chi connectivity index (χ3v) is 6.37. The molecular formula is C20H27N3O4S. The Morgan fingerprint density at radius 1 is 1.25 bits per heavy atom. The summed E-state index contributed by atoms with van der Waals surface area (Å²) in [5, 5.41) is 14.8. The molecule has 4 atom stereocenters. The van der Waals surface area contributed by atoms with Crippen LogP contribution in [0.4, 0.5) is 0 Å². The fourth-order valence-electron chi connectivity index (χ4n) is 3.69. The van der Waals surface area contributed by atoms with E-state index in [2.05, 4.69) is 10.6 Å². The third-order valence-electron chi connectivity index (χ3n) is 5.07. The Kier molecular flexibility index (Phi) is 6.30. The Balaban J connectivity index is 1.61. The van der Waals surface area contributed by atoms with Gasteiger partial charge < -0.3 is 20.6 Å². The normalized spacial score (nSPS) is 22.6. The fraction of sp³-hybridized carbons (Fsp3) is 0.550. The summed E-state index contributed by atoms with van der Waals surface area (Å²) in [7, 11) is 0. The molecule has 28 heavy (non-hydrogen) atoms. The molecule has 4 unspecified atom stereocenters. The average Bonchev–Trinajstić information content (AvgIpc) is 3.21. The zero-order valence-corrected chi connectivity index (χ0v) is 17.2. The van der Waals surface area contributed by atoms with Crippen molar-refractivity contribution in [2.75, 3.05) is 12.4 Å². The van der Waals surface area contributed by atoms with E-state index < -0.39 is 12.1 Å². The van der Waals surface area contributed by atoms with E-state index in [-0.39, 0.29) is 35.7 Å². The predicted molar refractivity (Wildman–Crippen MR) is 108 cm³/mol. The Hall–Kier alpha value is -2.06. The molecule has 3 N–H and O–H groups in total. The van der Waals surface area contributed by atoms with Crippen LogP contribution in [0.3, 0.4) is 0 Å². The molecule has 8 heteroatoms. The van der Waals surface area contributed by atoms with Crippen LogP contribution >= 0.6 is 11.8 Å². The molecule has 2 aliphatic heterocycles. The highest BCUT2D eigenvalue weighted by molar-refractivity contribution is 7.99. The minimum Gasteiger partial charge on any atom is -0.394 e. The van der Waals surface area contributed by atoms with E-state index in [4.69, 9.17) is 0 Å². The summed E-state index contributed by atoms with van der Waals surface area (Å²) in [5.74, 6) is 0.0181. The number of carbonyl (C=O) groups is 3. The van der Waals surface area contributed by atoms with Gasteiger partial charge in [-0.15, -0.1) is 11.8 Å². The molecule has 0 spiro atoms. The van der Waals surface area contributed by atoms with E-state index in [1.165, 1.54) is 0 Å². The molecule has 1 fully saturated rings. The van der Waals surface area contributed by atoms with Crippen LogP contribution in [0, 0.1) is 5.92 Å². The number of rotatable bonds is 7. The molecule has 2 aliphatic rings. The van der Waals surface area contributed by atoms with Gasteiger partial charge in [-0.2, -0.15) is 0 Å². The number of amides is 3. The molecule has 0 bridgehead atoms. The van der Waals surface area contributed by atoms with Crippen molar-refractivity contribution in [1.82, 2.24) is 15.5 Å². The van der Waals surface area contributed by atoms with Crippen molar-refractivity contribution in [1.29, 1.82) is 0 Å². The molecule has 3 rings (SSSR count). The van der Waals surface area contributed by atoms with E-state index in [1.807, 2.05) is 32.0 Å². The van der Waals surface area contributed by atoms with Gasteiger partial charge in [-0.3, -0.25) is 14.4 Å². The number of hydrogen-bond acceptors (Lipinski definition) is 5. The maximum Gasteiger partial charge on any atom is 0.256 e. The summed E-state index contributed by atoms with van der Waals surface area (Å²) in [6.07, 6.45) is 0.657. The lowest BCUT2D eigenvalue weighted by Crippen LogP contribution is -2.54. The molecule has 152 valence electrons. The number of hydrogen-bond donors (Lipinski definition) is 3. The third kappa shape index (κ3) is 4.03. The van der Waals surface area contributed by atoms with Gasteiger partial charge in [-0.25, -0.2) is 0 Å². The Labute approximate surface area is 169 Å². The molecule has 0 aromatic heterocycles. The first kappa shape index (κ1) is 20.7. The molecular weight excluding hydrogens is 378 g/mol. The standard InChI is InChI=1S/C20H27N3O4S/c1-11(2)8-13(9-24)22-17(25)12(3)21-18(26)16-10-28-20-15-7-5-4-6-14(15)19(27)23(16)20/h4-7,11-13,16,20,24H,8-10H2,1-3H3,(H,21,26)(H,22,25). The SMILES string of the molecule is CC(C)CC(CO)NC(=O)C(C)NC(=O)C1CSC2c3ccccc3C(=O)N12. The van der Waals surface area contributed by atoms with Crippen LogP contribution in [0.25, 0.3) is 0 Å². The van der Waals surface area contributed by atoms with Gasteiger partial charge in [0.25, 0.3) is 5.91 Å². The smallest absolute Gasteiger partial charge is 0.256 e. The van der Waals surface area contributed by atoms with Crippen molar-refractivity contribution in [3.63, 3.8) is 0 Å². The Morgan fingerprint density at radius 3 is 2.64 bits per heavy atom. The van der Waals surface area contributed by atoms with E-state index in [0.717, 1.165) is 5.56 Å². The second-order valence-corrected chi connectivity index (χ2v) is 8.86. The number of aliphatic hydroxyl groups is 1. The van der Waals surface area contributed by atoms with E-state index in [0.29, 0.717) is 23.7 Å². The van der Waals surface area contributed by atoms with Crippen LogP contribution in [-0.2, 0) is 9.59 Å². The minimum atomic E-state index is -0.752. The van der Waals surface area contributed by atoms with Gasteiger partial charge in [-0.1, -0.05) is 32.0 Å². The Morgan fingerprint density at radius 2 is 1.96 bits per heavy atom. The molecule has 1 saturated heterocycles. The summed E-state index contributed by atoms with van der Waals surface area (Å²) >= 11 is 1.56. The van der Waals surface area contributed by atoms with E-state index >= 15 is 0 Å². The van der Waals surface area contributed by atoms with Crippen LogP contribution in [0.5, 0.6) is 0 Å². The molecule has 1 aromatic carbocycles. The molecule has 2 heterocycles. The summed E-state index contributed by atoms with van der Waals surface area (Å²) in [4.78, 5) is 39.5. The maximum atomic E-state index is 12.8. The number of aliphatic hydroxyl groups excluding tert-OH is 1. The quantitative estimate of drug-likeness (QED) is 0.635. The number of carbonyl (C=O) groups excluding carboxylic acids is 3. The van der Waals surface area contributed by atoms with E-state index in [9.17, 15) is 19.5 Å². The summed E-state index contributed by atoms with van der Waals surface area (Å²) in [5.41, 5.74) is 1.58. The Bertz CT molecular complexity index is 770. The molecule has 0 aliphatic carbocycles. The topological polar surface area (TPSA) is 98.7 Å². The van der Waals surface area contributed by atoms with Crippen molar-refractivity contribution in [2.24, 2.45) is 5.92 Å². The van der Waals surface area contributed by atoms with Crippen LogP contribution < -0.4 is 10.6 Å². The predicted octanol–water partition coefficient (Wildman–Crippen LogP) is 1.28. The van der Waals surface area contributed by atoms with Gasteiger partial charge in [0.05, 0.1) is 12.6 Å². The van der Waals surface area contributed by atoms with Gasteiger partial charge in [-0.05, 0) is 30.9 Å². The lowest BCUT2D eigenvalue weighted by molar-refractivity contribution is -0.131. The molecule has 0 saturated carbocycles. The number of nitrogens with one attached hydrogen (secondary N) is 2. The highest BCUT2D eigenvalue weighted by Crippen LogP contribution is 2.48. The summed E-state index contributed by atoms with van der Waals surface area (Å²) in [6, 6.07) is 5.72. The molecule has 0 radical (unpaired) electrons. The van der Waals surface area contributed by atoms with Gasteiger partial charge in [0.2, 0.25) is 11.8 Å². The lowest BCUT2D eigenvalue weighted by atomic mass is 10.0. The summed E-state index contributed by atoms with van der Waals surface area (Å²) in [6.45, 7) is 5.49. The fourth-order valence-corrected chi connectivity index (χ4v) is 5.16. The van der Waals surface area contributed by atoms with Crippen LogP contribution in [-0.4, -0.2) is 58.2 Å². The van der Waals surface area contributed by atoms with Crippen LogP contribution in [0.15, 0.2) is 24.3 Å². The maximum absolute atomic E-state index is 12.8. The van der Waals surface area contributed by atoms with Crippen LogP contribution in [0.2, 0.25) is 0 Å². The first-order valence-corrected chi connectivity index (χ1v) is 10.6. The van der Waals surface area contributed by atoms with Gasteiger partial charge >= 0.3 is 0 Å². The molecule has 7 nitrogen and oxygen atoms in total. The first-order valence-electron chi connectivity index (χ1n) is 9.58. The lowest BCUT2D eigenvalue weighted by Gasteiger charge is -2.25. The van der Waals surface area contributed by atoms with E-state index in [1.54, 1.807) is 29.7 Å². The van der Waals surface area contributed by atoms with Gasteiger partial charge in [0.15, 0.2) is 0 Å². The van der Waals surface area contributed by atoms with Gasteiger partial charge in [0.1, 0.15) is 17.5 Å². The average molecular weight is 406 g/mol. The highest BCUT2D eigenvalue weighted by atomic mass is 32.2. The molecule has 1 aromatic rings. The second kappa shape index (κ2) is 8.53. The number of thioether (sulfide) groups is 1. The zero-order chi connectivity index (χ0) is 20.4. The van der Waals surface area contributed by atoms with Gasteiger partial charge in [0, 0.05) is 11.3 Å². The number of fused-ring (bicyclic) bond motifs is 3. The second-order valence-electron chi connectivity index (χ2n) is 7.75. The number of benzene rings is 1. The minimum absolute atomic E-state index is 0.139. The van der Waals surface area contributed by atoms with Crippen molar-refractivity contribution in [3.05, 3.63) is 35.4 Å². The van der Waals surface area contributed by atoms with Crippen LogP contribution in [0.1, 0.15) is 48.5 Å². The van der Waals surface area contributed by atoms with Crippen molar-refractivity contribution < 1.29 is 19.5 Å². The summed E-state index contributed by atoms with van der Waals surface area (Å²) < 4.78 is 0. The van der Waals surface area contributed by atoms with Crippen molar-refractivity contribution in [2.45, 2.75) is 50.7 Å². The van der Waals surface area contributed by atoms with Crippen molar-refractivity contribution >= 4 is 29.5 Å². The van der Waals surface area contributed by atoms with Crippen molar-refractivity contribution in [3.8, 4) is 0 Å².